The van der Waals surface area contributed by atoms with Gasteiger partial charge < -0.3 is 4.74 Å². The van der Waals surface area contributed by atoms with Crippen LogP contribution in [0.5, 0.6) is 0 Å². The number of aryl methyl sites for hydroxylation is 2. The number of pyridine rings is 1. The molecule has 5 nitrogen and oxygen atoms in total. The molecule has 2 heterocycles. The molecule has 100 valence electrons. The number of carbonyl (C=O) groups excluding carboxylic acids is 1. The molecule has 0 atom stereocenters. The van der Waals surface area contributed by atoms with Crippen molar-refractivity contribution in [2.24, 2.45) is 7.05 Å². The minimum atomic E-state index is -0.442. The van der Waals surface area contributed by atoms with Crippen LogP contribution in [0.3, 0.4) is 0 Å². The first-order chi connectivity index (χ1) is 9.08. The second kappa shape index (κ2) is 5.52. The number of ether oxygens (including phenoxy) is 1. The quantitative estimate of drug-likeness (QED) is 0.815. The van der Waals surface area contributed by atoms with Gasteiger partial charge in [-0.05, 0) is 34.0 Å². The molecule has 2 rings (SSSR count). The number of esters is 1. The number of aromatic nitrogens is 3. The van der Waals surface area contributed by atoms with Crippen molar-refractivity contribution in [1.29, 1.82) is 0 Å². The third kappa shape index (κ3) is 2.53. The number of hydrogen-bond donors (Lipinski definition) is 0. The van der Waals surface area contributed by atoms with E-state index in [0.717, 1.165) is 27.8 Å². The molecule has 0 aliphatic carbocycles. The normalized spacial score (nSPS) is 10.5. The maximum atomic E-state index is 11.6. The van der Waals surface area contributed by atoms with E-state index in [9.17, 15) is 4.79 Å². The van der Waals surface area contributed by atoms with Crippen LogP contribution in [0.25, 0.3) is 11.4 Å². The SMILES string of the molecule is CCc1ccc(C(=O)OC)nc1-c1c(Br)cnn1C. The highest BCUT2D eigenvalue weighted by atomic mass is 79.9. The Morgan fingerprint density at radius 2 is 2.21 bits per heavy atom. The molecule has 0 radical (unpaired) electrons. The lowest BCUT2D eigenvalue weighted by molar-refractivity contribution is 0.0594. The van der Waals surface area contributed by atoms with Crippen molar-refractivity contribution in [1.82, 2.24) is 14.8 Å². The van der Waals surface area contributed by atoms with Crippen LogP contribution in [-0.2, 0) is 18.2 Å². The van der Waals surface area contributed by atoms with Crippen LogP contribution in [0.15, 0.2) is 22.8 Å². The molecule has 0 spiro atoms. The fraction of sp³-hybridized carbons (Fsp3) is 0.308. The van der Waals surface area contributed by atoms with Gasteiger partial charge in [-0.15, -0.1) is 0 Å². The van der Waals surface area contributed by atoms with E-state index in [1.165, 1.54) is 7.11 Å². The molecule has 0 aliphatic rings. The fourth-order valence-electron chi connectivity index (χ4n) is 1.87. The van der Waals surface area contributed by atoms with Crippen LogP contribution >= 0.6 is 15.9 Å². The van der Waals surface area contributed by atoms with E-state index in [1.54, 1.807) is 16.9 Å². The zero-order valence-electron chi connectivity index (χ0n) is 11.0. The van der Waals surface area contributed by atoms with E-state index in [-0.39, 0.29) is 0 Å². The zero-order chi connectivity index (χ0) is 14.0. The fourth-order valence-corrected chi connectivity index (χ4v) is 2.41. The maximum absolute atomic E-state index is 11.6. The summed E-state index contributed by atoms with van der Waals surface area (Å²) in [6.45, 7) is 2.04. The Balaban J connectivity index is 2.63. The van der Waals surface area contributed by atoms with Gasteiger partial charge in [-0.3, -0.25) is 4.68 Å². The number of rotatable bonds is 3. The van der Waals surface area contributed by atoms with Crippen molar-refractivity contribution in [3.05, 3.63) is 34.1 Å². The highest BCUT2D eigenvalue weighted by molar-refractivity contribution is 9.10. The van der Waals surface area contributed by atoms with Gasteiger partial charge in [0.2, 0.25) is 0 Å². The Morgan fingerprint density at radius 1 is 1.47 bits per heavy atom. The molecular weight excluding hydrogens is 310 g/mol. The molecular formula is C13H14BrN3O2. The summed E-state index contributed by atoms with van der Waals surface area (Å²) in [4.78, 5) is 16.0. The second-order valence-electron chi connectivity index (χ2n) is 4.01. The summed E-state index contributed by atoms with van der Waals surface area (Å²) in [5.74, 6) is -0.442. The van der Waals surface area contributed by atoms with Crippen LogP contribution in [-0.4, -0.2) is 27.8 Å². The summed E-state index contributed by atoms with van der Waals surface area (Å²) in [7, 11) is 3.18. The third-order valence-corrected chi connectivity index (χ3v) is 3.45. The molecule has 0 bridgehead atoms. The van der Waals surface area contributed by atoms with Crippen LogP contribution in [0, 0.1) is 0 Å². The molecule has 0 fully saturated rings. The van der Waals surface area contributed by atoms with E-state index < -0.39 is 5.97 Å². The van der Waals surface area contributed by atoms with Gasteiger partial charge in [-0.1, -0.05) is 13.0 Å². The maximum Gasteiger partial charge on any atom is 0.356 e. The number of halogens is 1. The van der Waals surface area contributed by atoms with Gasteiger partial charge in [0.1, 0.15) is 11.4 Å². The summed E-state index contributed by atoms with van der Waals surface area (Å²) in [5, 5.41) is 4.18. The van der Waals surface area contributed by atoms with Gasteiger partial charge >= 0.3 is 5.97 Å². The third-order valence-electron chi connectivity index (χ3n) is 2.87. The Hall–Kier alpha value is -1.69. The molecule has 0 amide bonds. The molecule has 6 heteroatoms. The van der Waals surface area contributed by atoms with E-state index >= 15 is 0 Å². The van der Waals surface area contributed by atoms with E-state index in [4.69, 9.17) is 4.74 Å². The van der Waals surface area contributed by atoms with Crippen LogP contribution in [0.1, 0.15) is 23.0 Å². The smallest absolute Gasteiger partial charge is 0.356 e. The van der Waals surface area contributed by atoms with Crippen molar-refractivity contribution in [3.8, 4) is 11.4 Å². The molecule has 2 aromatic heterocycles. The first-order valence-corrected chi connectivity index (χ1v) is 6.63. The lowest BCUT2D eigenvalue weighted by atomic mass is 10.1. The highest BCUT2D eigenvalue weighted by Crippen LogP contribution is 2.29. The van der Waals surface area contributed by atoms with Gasteiger partial charge in [-0.2, -0.15) is 5.10 Å². The number of hydrogen-bond acceptors (Lipinski definition) is 4. The predicted octanol–water partition coefficient (Wildman–Crippen LogP) is 2.59. The number of methoxy groups -OCH3 is 1. The van der Waals surface area contributed by atoms with Crippen LogP contribution < -0.4 is 0 Å². The molecule has 19 heavy (non-hydrogen) atoms. The molecule has 0 N–H and O–H groups in total. The summed E-state index contributed by atoms with van der Waals surface area (Å²) < 4.78 is 7.28. The molecule has 2 aromatic rings. The minimum absolute atomic E-state index is 0.294. The summed E-state index contributed by atoms with van der Waals surface area (Å²) in [6.07, 6.45) is 2.53. The van der Waals surface area contributed by atoms with Gasteiger partial charge in [0.25, 0.3) is 0 Å². The van der Waals surface area contributed by atoms with Gasteiger partial charge in [-0.25, -0.2) is 9.78 Å². The van der Waals surface area contributed by atoms with Gasteiger partial charge in [0, 0.05) is 7.05 Å². The zero-order valence-corrected chi connectivity index (χ0v) is 12.6. The predicted molar refractivity (Wildman–Crippen MR) is 74.9 cm³/mol. The average Bonchev–Trinajstić information content (AvgIpc) is 2.76. The summed E-state index contributed by atoms with van der Waals surface area (Å²) in [5.41, 5.74) is 2.94. The van der Waals surface area contributed by atoms with E-state index in [2.05, 4.69) is 26.0 Å². The van der Waals surface area contributed by atoms with Crippen molar-refractivity contribution in [2.45, 2.75) is 13.3 Å². The Morgan fingerprint density at radius 3 is 2.74 bits per heavy atom. The molecule has 0 saturated carbocycles. The van der Waals surface area contributed by atoms with Crippen molar-refractivity contribution < 1.29 is 9.53 Å². The van der Waals surface area contributed by atoms with Crippen molar-refractivity contribution in [3.63, 3.8) is 0 Å². The molecule has 0 unspecified atom stereocenters. The Labute approximate surface area is 119 Å². The molecule has 0 aliphatic heterocycles. The van der Waals surface area contributed by atoms with Crippen LogP contribution in [0.4, 0.5) is 0 Å². The van der Waals surface area contributed by atoms with Gasteiger partial charge in [0.15, 0.2) is 0 Å². The van der Waals surface area contributed by atoms with Crippen LogP contribution in [0.2, 0.25) is 0 Å². The largest absolute Gasteiger partial charge is 0.464 e. The number of nitrogens with zero attached hydrogens (tertiary/aromatic N) is 3. The highest BCUT2D eigenvalue weighted by Gasteiger charge is 2.17. The number of carbonyl (C=O) groups is 1. The lowest BCUT2D eigenvalue weighted by Gasteiger charge is -2.09. The molecule has 0 saturated heterocycles. The first kappa shape index (κ1) is 13.7. The van der Waals surface area contributed by atoms with E-state index in [1.807, 2.05) is 20.0 Å². The Bertz CT molecular complexity index is 603. The first-order valence-electron chi connectivity index (χ1n) is 5.84. The molecule has 0 aromatic carbocycles. The Kier molecular flexibility index (Phi) is 3.99. The van der Waals surface area contributed by atoms with E-state index in [0.29, 0.717) is 5.69 Å². The van der Waals surface area contributed by atoms with Crippen molar-refractivity contribution >= 4 is 21.9 Å². The van der Waals surface area contributed by atoms with Crippen molar-refractivity contribution in [2.75, 3.05) is 7.11 Å². The second-order valence-corrected chi connectivity index (χ2v) is 4.87. The summed E-state index contributed by atoms with van der Waals surface area (Å²) in [6, 6.07) is 3.58. The minimum Gasteiger partial charge on any atom is -0.464 e. The lowest BCUT2D eigenvalue weighted by Crippen LogP contribution is -2.08. The monoisotopic (exact) mass is 323 g/mol. The topological polar surface area (TPSA) is 57.0 Å². The average molecular weight is 324 g/mol. The summed E-state index contributed by atoms with van der Waals surface area (Å²) >= 11 is 3.46. The standard InChI is InChI=1S/C13H14BrN3O2/c1-4-8-5-6-10(13(18)19-3)16-11(8)12-9(14)7-15-17(12)2/h5-7H,4H2,1-3H3. The van der Waals surface area contributed by atoms with Gasteiger partial charge in [0.05, 0.1) is 23.5 Å².